The van der Waals surface area contributed by atoms with Crippen molar-refractivity contribution in [3.05, 3.63) is 23.9 Å². The van der Waals surface area contributed by atoms with Crippen LogP contribution in [0.5, 0.6) is 0 Å². The fraction of sp³-hybridized carbons (Fsp3) is 0.615. The maximum Gasteiger partial charge on any atom is 0.433 e. The average Bonchev–Trinajstić information content (AvgIpc) is 2.39. The molecule has 0 bridgehead atoms. The van der Waals surface area contributed by atoms with Crippen molar-refractivity contribution in [1.82, 2.24) is 4.98 Å². The molecular weight excluding hydrogens is 273 g/mol. The Morgan fingerprint density at radius 1 is 1.21 bits per heavy atom. The Bertz CT molecular complexity index is 415. The summed E-state index contributed by atoms with van der Waals surface area (Å²) < 4.78 is 37.7. The molecule has 0 radical (unpaired) electrons. The summed E-state index contributed by atoms with van der Waals surface area (Å²) in [6.07, 6.45) is 1.92. The largest absolute Gasteiger partial charge is 0.433 e. The third-order valence-electron chi connectivity index (χ3n) is 3.40. The smallest absolute Gasteiger partial charge is 0.367 e. The van der Waals surface area contributed by atoms with Crippen molar-refractivity contribution in [2.24, 2.45) is 0 Å². The molecule has 0 spiro atoms. The predicted octanol–water partition coefficient (Wildman–Crippen LogP) is 4.19. The van der Waals surface area contributed by atoms with E-state index in [9.17, 15) is 13.2 Å². The van der Waals surface area contributed by atoms with Crippen LogP contribution in [0, 0.1) is 0 Å². The number of hydrogen-bond donors (Lipinski definition) is 1. The molecule has 1 aromatic heterocycles. The van der Waals surface area contributed by atoms with Crippen molar-refractivity contribution in [3.63, 3.8) is 0 Å². The summed E-state index contributed by atoms with van der Waals surface area (Å²) in [4.78, 5) is 3.64. The Labute approximate surface area is 115 Å². The minimum Gasteiger partial charge on any atom is -0.367 e. The van der Waals surface area contributed by atoms with Crippen LogP contribution in [-0.2, 0) is 6.18 Å². The first-order valence-electron chi connectivity index (χ1n) is 6.32. The van der Waals surface area contributed by atoms with Crippen molar-refractivity contribution >= 4 is 17.6 Å². The van der Waals surface area contributed by atoms with E-state index < -0.39 is 11.9 Å². The van der Waals surface area contributed by atoms with Gasteiger partial charge in [-0.3, -0.25) is 0 Å². The van der Waals surface area contributed by atoms with Crippen LogP contribution in [0.25, 0.3) is 0 Å². The van der Waals surface area contributed by atoms with Crippen LogP contribution in [0.2, 0.25) is 0 Å². The second kappa shape index (κ2) is 6.03. The van der Waals surface area contributed by atoms with Crippen molar-refractivity contribution in [1.29, 1.82) is 0 Å². The Morgan fingerprint density at radius 3 is 2.47 bits per heavy atom. The van der Waals surface area contributed by atoms with Gasteiger partial charge in [0.05, 0.1) is 0 Å². The zero-order valence-electron chi connectivity index (χ0n) is 10.7. The molecule has 0 saturated heterocycles. The molecule has 0 amide bonds. The first-order chi connectivity index (χ1) is 8.99. The van der Waals surface area contributed by atoms with Gasteiger partial charge in [-0.05, 0) is 44.1 Å². The molecule has 0 unspecified atom stereocenters. The molecule has 0 atom stereocenters. The Morgan fingerprint density at radius 2 is 1.89 bits per heavy atom. The summed E-state index contributed by atoms with van der Waals surface area (Å²) in [7, 11) is 0. The number of rotatable bonds is 3. The average molecular weight is 290 g/mol. The van der Waals surface area contributed by atoms with Gasteiger partial charge in [0.2, 0.25) is 0 Å². The molecule has 1 aliphatic rings. The lowest BCUT2D eigenvalue weighted by atomic mass is 9.95. The van der Waals surface area contributed by atoms with Crippen molar-refractivity contribution in [2.75, 3.05) is 11.6 Å². The molecule has 106 valence electrons. The third kappa shape index (κ3) is 4.03. The van der Waals surface area contributed by atoms with E-state index in [2.05, 4.69) is 16.6 Å². The van der Waals surface area contributed by atoms with Crippen LogP contribution in [0.15, 0.2) is 18.2 Å². The molecule has 2 nitrogen and oxygen atoms in total. The number of halogens is 3. The topological polar surface area (TPSA) is 24.9 Å². The number of nitrogens with one attached hydrogen (secondary N) is 1. The lowest BCUT2D eigenvalue weighted by Gasteiger charge is -2.28. The zero-order valence-corrected chi connectivity index (χ0v) is 11.5. The van der Waals surface area contributed by atoms with E-state index in [0.29, 0.717) is 11.1 Å². The van der Waals surface area contributed by atoms with E-state index in [-0.39, 0.29) is 6.04 Å². The van der Waals surface area contributed by atoms with Crippen LogP contribution in [0.4, 0.5) is 19.0 Å². The van der Waals surface area contributed by atoms with Crippen LogP contribution in [-0.4, -0.2) is 22.5 Å². The van der Waals surface area contributed by atoms with Gasteiger partial charge in [-0.1, -0.05) is 6.07 Å². The molecule has 1 heterocycles. The van der Waals surface area contributed by atoms with Gasteiger partial charge in [-0.2, -0.15) is 24.9 Å². The first kappa shape index (κ1) is 14.5. The van der Waals surface area contributed by atoms with Crippen LogP contribution < -0.4 is 5.32 Å². The highest BCUT2D eigenvalue weighted by molar-refractivity contribution is 7.99. The van der Waals surface area contributed by atoms with Crippen LogP contribution >= 0.6 is 11.8 Å². The Kier molecular flexibility index (Phi) is 4.60. The lowest BCUT2D eigenvalue weighted by Crippen LogP contribution is -2.27. The van der Waals surface area contributed by atoms with Gasteiger partial charge in [-0.25, -0.2) is 4.98 Å². The standard InChI is InChI=1S/C13H17F3N2S/c1-19-10-7-5-9(6-8-10)17-12-4-2-3-11(18-12)13(14,15)16/h2-4,9-10H,5-8H2,1H3,(H,17,18). The summed E-state index contributed by atoms with van der Waals surface area (Å²) in [6.45, 7) is 0. The molecule has 6 heteroatoms. The van der Waals surface area contributed by atoms with Crippen molar-refractivity contribution in [3.8, 4) is 0 Å². The van der Waals surface area contributed by atoms with Crippen LogP contribution in [0.1, 0.15) is 31.4 Å². The fourth-order valence-electron chi connectivity index (χ4n) is 2.32. The molecule has 0 aromatic carbocycles. The number of alkyl halides is 3. The molecule has 2 rings (SSSR count). The van der Waals surface area contributed by atoms with Gasteiger partial charge in [0.1, 0.15) is 11.5 Å². The van der Waals surface area contributed by atoms with Crippen LogP contribution in [0.3, 0.4) is 0 Å². The van der Waals surface area contributed by atoms with E-state index >= 15 is 0 Å². The van der Waals surface area contributed by atoms with Gasteiger partial charge in [0.15, 0.2) is 0 Å². The van der Waals surface area contributed by atoms with E-state index in [1.165, 1.54) is 6.07 Å². The van der Waals surface area contributed by atoms with Gasteiger partial charge in [0, 0.05) is 11.3 Å². The van der Waals surface area contributed by atoms with E-state index in [0.717, 1.165) is 31.7 Å². The van der Waals surface area contributed by atoms with Crippen molar-refractivity contribution < 1.29 is 13.2 Å². The highest BCUT2D eigenvalue weighted by Crippen LogP contribution is 2.30. The third-order valence-corrected chi connectivity index (χ3v) is 4.54. The van der Waals surface area contributed by atoms with E-state index in [1.807, 2.05) is 11.8 Å². The second-order valence-corrected chi connectivity index (χ2v) is 5.90. The maximum absolute atomic E-state index is 12.6. The van der Waals surface area contributed by atoms with E-state index in [4.69, 9.17) is 0 Å². The molecule has 1 fully saturated rings. The molecular formula is C13H17F3N2S. The number of nitrogens with zero attached hydrogens (tertiary/aromatic N) is 1. The number of hydrogen-bond acceptors (Lipinski definition) is 3. The second-order valence-electron chi connectivity index (χ2n) is 4.76. The summed E-state index contributed by atoms with van der Waals surface area (Å²) in [5.41, 5.74) is -0.838. The molecule has 1 saturated carbocycles. The predicted molar refractivity (Wildman–Crippen MR) is 72.4 cm³/mol. The lowest BCUT2D eigenvalue weighted by molar-refractivity contribution is -0.141. The number of aromatic nitrogens is 1. The zero-order chi connectivity index (χ0) is 13.9. The van der Waals surface area contributed by atoms with E-state index in [1.54, 1.807) is 6.07 Å². The highest BCUT2D eigenvalue weighted by atomic mass is 32.2. The number of anilines is 1. The summed E-state index contributed by atoms with van der Waals surface area (Å²) in [6, 6.07) is 4.22. The molecule has 19 heavy (non-hydrogen) atoms. The van der Waals surface area contributed by atoms with Gasteiger partial charge in [-0.15, -0.1) is 0 Å². The highest BCUT2D eigenvalue weighted by Gasteiger charge is 2.32. The number of thioether (sulfide) groups is 1. The molecule has 1 aromatic rings. The summed E-state index contributed by atoms with van der Waals surface area (Å²) in [5, 5.41) is 3.81. The first-order valence-corrected chi connectivity index (χ1v) is 7.61. The Hall–Kier alpha value is -0.910. The molecule has 1 aliphatic carbocycles. The Balaban J connectivity index is 1.97. The summed E-state index contributed by atoms with van der Waals surface area (Å²) in [5.74, 6) is 0.322. The number of pyridine rings is 1. The van der Waals surface area contributed by atoms with Gasteiger partial charge < -0.3 is 5.32 Å². The minimum absolute atomic E-state index is 0.236. The monoisotopic (exact) mass is 290 g/mol. The summed E-state index contributed by atoms with van der Waals surface area (Å²) >= 11 is 1.87. The fourth-order valence-corrected chi connectivity index (χ4v) is 3.07. The molecule has 1 N–H and O–H groups in total. The quantitative estimate of drug-likeness (QED) is 0.903. The van der Waals surface area contributed by atoms with Gasteiger partial charge >= 0.3 is 6.18 Å². The maximum atomic E-state index is 12.6. The minimum atomic E-state index is -4.38. The molecule has 0 aliphatic heterocycles. The normalized spacial score (nSPS) is 24.2. The van der Waals surface area contributed by atoms with Crippen molar-refractivity contribution in [2.45, 2.75) is 43.2 Å². The SMILES string of the molecule is CSC1CCC(Nc2cccc(C(F)(F)F)n2)CC1. The van der Waals surface area contributed by atoms with Gasteiger partial charge in [0.25, 0.3) is 0 Å².